The average molecular weight is 150 g/mol. The summed E-state index contributed by atoms with van der Waals surface area (Å²) in [6.45, 7) is 1.20. The van der Waals surface area contributed by atoms with Gasteiger partial charge in [-0.05, 0) is 20.0 Å². The second-order valence-corrected chi connectivity index (χ2v) is 3.10. The van der Waals surface area contributed by atoms with Crippen LogP contribution in [0.5, 0.6) is 0 Å². The van der Waals surface area contributed by atoms with Crippen LogP contribution in [0, 0.1) is 0 Å². The van der Waals surface area contributed by atoms with E-state index in [1.807, 2.05) is 7.05 Å². The van der Waals surface area contributed by atoms with Gasteiger partial charge in [-0.2, -0.15) is 0 Å². The quantitative estimate of drug-likeness (QED) is 0.542. The first-order chi connectivity index (χ1) is 4.25. The number of alkyl halides is 1. The maximum atomic E-state index is 8.78. The molecule has 9 heavy (non-hydrogen) atoms. The lowest BCUT2D eigenvalue weighted by Gasteiger charge is -2.18. The standard InChI is InChI=1S/C6H12ClNO/c1-8-3-2-5(7)6(8)4-9/h5-6,9H,2-4H2,1H3. The zero-order chi connectivity index (χ0) is 6.85. The van der Waals surface area contributed by atoms with Crippen molar-refractivity contribution in [2.45, 2.75) is 17.8 Å². The minimum Gasteiger partial charge on any atom is -0.395 e. The summed E-state index contributed by atoms with van der Waals surface area (Å²) in [4.78, 5) is 2.09. The Morgan fingerprint density at radius 1 is 1.78 bits per heavy atom. The molecule has 3 heteroatoms. The number of rotatable bonds is 1. The molecular formula is C6H12ClNO. The molecule has 2 nitrogen and oxygen atoms in total. The summed E-state index contributed by atoms with van der Waals surface area (Å²) in [5.74, 6) is 0. The molecule has 0 bridgehead atoms. The lowest BCUT2D eigenvalue weighted by Crippen LogP contribution is -2.33. The van der Waals surface area contributed by atoms with Crippen molar-refractivity contribution in [1.29, 1.82) is 0 Å². The van der Waals surface area contributed by atoms with Gasteiger partial charge in [0.05, 0.1) is 12.0 Å². The van der Waals surface area contributed by atoms with Crippen molar-refractivity contribution in [2.75, 3.05) is 20.2 Å². The van der Waals surface area contributed by atoms with Crippen molar-refractivity contribution in [2.24, 2.45) is 0 Å². The molecule has 0 aliphatic carbocycles. The first-order valence-corrected chi connectivity index (χ1v) is 3.64. The highest BCUT2D eigenvalue weighted by atomic mass is 35.5. The third-order valence-electron chi connectivity index (χ3n) is 1.93. The van der Waals surface area contributed by atoms with Gasteiger partial charge in [0, 0.05) is 6.04 Å². The highest BCUT2D eigenvalue weighted by molar-refractivity contribution is 6.21. The molecule has 0 spiro atoms. The Labute approximate surface area is 60.4 Å². The largest absolute Gasteiger partial charge is 0.395 e. The molecule has 0 saturated carbocycles. The summed E-state index contributed by atoms with van der Waals surface area (Å²) in [5, 5.41) is 8.93. The third-order valence-corrected chi connectivity index (χ3v) is 2.44. The summed E-state index contributed by atoms with van der Waals surface area (Å²) in [5.41, 5.74) is 0. The Morgan fingerprint density at radius 2 is 2.44 bits per heavy atom. The number of aliphatic hydroxyl groups excluding tert-OH is 1. The lowest BCUT2D eigenvalue weighted by molar-refractivity contribution is 0.183. The zero-order valence-corrected chi connectivity index (χ0v) is 6.30. The van der Waals surface area contributed by atoms with Crippen LogP contribution in [0.2, 0.25) is 0 Å². The van der Waals surface area contributed by atoms with E-state index in [1.54, 1.807) is 0 Å². The smallest absolute Gasteiger partial charge is 0.0601 e. The predicted octanol–water partition coefficient (Wildman–Crippen LogP) is 0.290. The molecule has 1 rings (SSSR count). The van der Waals surface area contributed by atoms with E-state index in [4.69, 9.17) is 16.7 Å². The van der Waals surface area contributed by atoms with E-state index < -0.39 is 0 Å². The molecule has 0 amide bonds. The zero-order valence-electron chi connectivity index (χ0n) is 5.55. The van der Waals surface area contributed by atoms with Crippen LogP contribution >= 0.6 is 11.6 Å². The molecule has 0 aromatic carbocycles. The predicted molar refractivity (Wildman–Crippen MR) is 37.8 cm³/mol. The Balaban J connectivity index is 2.44. The van der Waals surface area contributed by atoms with Crippen LogP contribution in [0.15, 0.2) is 0 Å². The van der Waals surface area contributed by atoms with E-state index in [1.165, 1.54) is 0 Å². The summed E-state index contributed by atoms with van der Waals surface area (Å²) >= 11 is 5.87. The number of hydrogen-bond donors (Lipinski definition) is 1. The van der Waals surface area contributed by atoms with Crippen LogP contribution in [-0.4, -0.2) is 41.6 Å². The molecule has 1 aliphatic heterocycles. The molecule has 1 N–H and O–H groups in total. The Kier molecular flexibility index (Phi) is 2.33. The molecule has 2 unspecified atom stereocenters. The lowest BCUT2D eigenvalue weighted by atomic mass is 10.2. The number of aliphatic hydroxyl groups is 1. The first kappa shape index (κ1) is 7.32. The number of hydrogen-bond acceptors (Lipinski definition) is 2. The van der Waals surface area contributed by atoms with Gasteiger partial charge >= 0.3 is 0 Å². The van der Waals surface area contributed by atoms with E-state index in [0.29, 0.717) is 0 Å². The van der Waals surface area contributed by atoms with Gasteiger partial charge in [0.15, 0.2) is 0 Å². The Hall–Kier alpha value is 0.210. The Bertz CT molecular complexity index is 89.1. The topological polar surface area (TPSA) is 23.5 Å². The molecule has 0 aromatic rings. The van der Waals surface area contributed by atoms with Gasteiger partial charge in [-0.3, -0.25) is 4.90 Å². The molecule has 1 aliphatic rings. The van der Waals surface area contributed by atoms with Crippen molar-refractivity contribution in [3.63, 3.8) is 0 Å². The SMILES string of the molecule is CN1CCC(Cl)C1CO. The third kappa shape index (κ3) is 1.37. The fourth-order valence-electron chi connectivity index (χ4n) is 1.22. The second kappa shape index (κ2) is 2.86. The maximum absolute atomic E-state index is 8.78. The van der Waals surface area contributed by atoms with E-state index in [9.17, 15) is 0 Å². The minimum absolute atomic E-state index is 0.153. The highest BCUT2D eigenvalue weighted by Crippen LogP contribution is 2.20. The van der Waals surface area contributed by atoms with Crippen molar-refractivity contribution in [3.8, 4) is 0 Å². The van der Waals surface area contributed by atoms with Crippen molar-refractivity contribution in [3.05, 3.63) is 0 Å². The van der Waals surface area contributed by atoms with Crippen molar-refractivity contribution >= 4 is 11.6 Å². The van der Waals surface area contributed by atoms with Gasteiger partial charge in [0.25, 0.3) is 0 Å². The molecule has 2 atom stereocenters. The second-order valence-electron chi connectivity index (χ2n) is 2.54. The summed E-state index contributed by atoms with van der Waals surface area (Å²) in [7, 11) is 1.99. The number of halogens is 1. The molecule has 0 radical (unpaired) electrons. The number of nitrogens with zero attached hydrogens (tertiary/aromatic N) is 1. The van der Waals surface area contributed by atoms with E-state index in [0.717, 1.165) is 13.0 Å². The maximum Gasteiger partial charge on any atom is 0.0601 e. The molecule has 54 valence electrons. The molecule has 0 aromatic heterocycles. The van der Waals surface area contributed by atoms with Gasteiger partial charge in [0.2, 0.25) is 0 Å². The van der Waals surface area contributed by atoms with Crippen molar-refractivity contribution in [1.82, 2.24) is 4.90 Å². The highest BCUT2D eigenvalue weighted by Gasteiger charge is 2.28. The summed E-state index contributed by atoms with van der Waals surface area (Å²) < 4.78 is 0. The summed E-state index contributed by atoms with van der Waals surface area (Å²) in [6.07, 6.45) is 1.00. The van der Waals surface area contributed by atoms with Crippen LogP contribution in [0.4, 0.5) is 0 Å². The van der Waals surface area contributed by atoms with Gasteiger partial charge in [-0.15, -0.1) is 11.6 Å². The first-order valence-electron chi connectivity index (χ1n) is 3.21. The number of likely N-dealkylation sites (tertiary alicyclic amines) is 1. The summed E-state index contributed by atoms with van der Waals surface area (Å²) in [6, 6.07) is 0.187. The number of likely N-dealkylation sites (N-methyl/N-ethyl adjacent to an activating group) is 1. The van der Waals surface area contributed by atoms with Crippen molar-refractivity contribution < 1.29 is 5.11 Å². The van der Waals surface area contributed by atoms with Gasteiger partial charge in [0.1, 0.15) is 0 Å². The van der Waals surface area contributed by atoms with Gasteiger partial charge in [-0.1, -0.05) is 0 Å². The molecule has 1 heterocycles. The molecule has 1 fully saturated rings. The Morgan fingerprint density at radius 3 is 2.67 bits per heavy atom. The normalized spacial score (nSPS) is 37.7. The van der Waals surface area contributed by atoms with E-state index in [-0.39, 0.29) is 18.0 Å². The fraction of sp³-hybridized carbons (Fsp3) is 1.00. The van der Waals surface area contributed by atoms with E-state index >= 15 is 0 Å². The van der Waals surface area contributed by atoms with Gasteiger partial charge < -0.3 is 5.11 Å². The average Bonchev–Trinajstić information content (AvgIpc) is 2.12. The van der Waals surface area contributed by atoms with Gasteiger partial charge in [-0.25, -0.2) is 0 Å². The minimum atomic E-state index is 0.153. The molecular weight excluding hydrogens is 138 g/mol. The molecule has 1 saturated heterocycles. The monoisotopic (exact) mass is 149 g/mol. The van der Waals surface area contributed by atoms with Crippen LogP contribution in [0.1, 0.15) is 6.42 Å². The van der Waals surface area contributed by atoms with Crippen LogP contribution in [-0.2, 0) is 0 Å². The van der Waals surface area contributed by atoms with Crippen LogP contribution in [0.3, 0.4) is 0 Å². The van der Waals surface area contributed by atoms with E-state index in [2.05, 4.69) is 4.90 Å². The van der Waals surface area contributed by atoms with Crippen LogP contribution in [0.25, 0.3) is 0 Å². The van der Waals surface area contributed by atoms with Crippen LogP contribution < -0.4 is 0 Å². The fourth-order valence-corrected chi connectivity index (χ4v) is 1.58.